The average Bonchev–Trinajstić information content (AvgIpc) is 2.42. The van der Waals surface area contributed by atoms with Crippen LogP contribution in [-0.4, -0.2) is 67.5 Å². The summed E-state index contributed by atoms with van der Waals surface area (Å²) in [5.41, 5.74) is 5.75. The van der Waals surface area contributed by atoms with Gasteiger partial charge in [-0.25, -0.2) is 4.57 Å². The number of rotatable bonds is 13. The number of unbranched alkanes of at least 4 members (excludes halogenated alkanes) is 3. The smallest absolute Gasteiger partial charge is 0.387 e. The summed E-state index contributed by atoms with van der Waals surface area (Å²) in [5.74, 6) is 0. The molecule has 3 atom stereocenters. The van der Waals surface area contributed by atoms with E-state index < -0.39 is 20.0 Å². The maximum atomic E-state index is 11.7. The second-order valence-corrected chi connectivity index (χ2v) is 8.14. The topological polar surface area (TPSA) is 102 Å². The van der Waals surface area contributed by atoms with E-state index in [1.165, 1.54) is 0 Å². The Balaban J connectivity index is 4.04. The molecule has 0 heterocycles. The molecule has 0 aromatic rings. The Hall–Kier alpha value is -0.270. The quantitative estimate of drug-likeness (QED) is 0.201. The van der Waals surface area contributed by atoms with Crippen LogP contribution in [0.15, 0.2) is 12.2 Å². The van der Waals surface area contributed by atoms with Crippen LogP contribution in [0, 0.1) is 0 Å². The summed E-state index contributed by atoms with van der Waals surface area (Å²) < 4.78 is 22.0. The van der Waals surface area contributed by atoms with Crippen molar-refractivity contribution in [3.05, 3.63) is 12.2 Å². The van der Waals surface area contributed by atoms with Gasteiger partial charge in [-0.15, -0.1) is 0 Å². The van der Waals surface area contributed by atoms with Crippen LogP contribution in [0.4, 0.5) is 0 Å². The standard InChI is InChI=1S/C15H33N2O5P/c1-5-6-7-8-9-10-15(18)14(16)13-22-23(19,20)21-12-11-17(2,3)4/h9-10,14-15,18H,5-8,11-13,16H2,1-4H3/p+1/b10-9+/t14-,15+/m0/s1. The summed E-state index contributed by atoms with van der Waals surface area (Å²) in [5, 5.41) is 9.85. The van der Waals surface area contributed by atoms with E-state index in [9.17, 15) is 14.6 Å². The van der Waals surface area contributed by atoms with Gasteiger partial charge in [0.15, 0.2) is 0 Å². The Kier molecular flexibility index (Phi) is 11.2. The zero-order chi connectivity index (χ0) is 17.9. The SMILES string of the molecule is CCCCC/C=C/[C@@H](O)[C@@H](N)COP(=O)(O)OCC[N+](C)(C)C. The van der Waals surface area contributed by atoms with Gasteiger partial charge in [0, 0.05) is 0 Å². The Morgan fingerprint density at radius 1 is 1.26 bits per heavy atom. The fourth-order valence-corrected chi connectivity index (χ4v) is 2.38. The number of hydrogen-bond acceptors (Lipinski definition) is 5. The Morgan fingerprint density at radius 2 is 1.91 bits per heavy atom. The van der Waals surface area contributed by atoms with E-state index in [1.807, 2.05) is 27.2 Å². The molecule has 1 unspecified atom stereocenters. The summed E-state index contributed by atoms with van der Waals surface area (Å²) in [4.78, 5) is 9.56. The molecule has 0 aromatic carbocycles. The molecule has 0 aromatic heterocycles. The third-order valence-corrected chi connectivity index (χ3v) is 4.18. The second kappa shape index (κ2) is 11.3. The molecule has 138 valence electrons. The normalized spacial score (nSPS) is 18.0. The van der Waals surface area contributed by atoms with Gasteiger partial charge in [0.2, 0.25) is 0 Å². The van der Waals surface area contributed by atoms with Gasteiger partial charge < -0.3 is 20.2 Å². The number of quaternary nitrogens is 1. The third kappa shape index (κ3) is 13.8. The van der Waals surface area contributed by atoms with Gasteiger partial charge in [-0.3, -0.25) is 9.05 Å². The highest BCUT2D eigenvalue weighted by Gasteiger charge is 2.25. The number of nitrogens with two attached hydrogens (primary N) is 1. The summed E-state index contributed by atoms with van der Waals surface area (Å²) in [7, 11) is 1.71. The van der Waals surface area contributed by atoms with Crippen LogP contribution in [0.3, 0.4) is 0 Å². The third-order valence-electron chi connectivity index (χ3n) is 3.19. The van der Waals surface area contributed by atoms with E-state index in [0.717, 1.165) is 25.7 Å². The van der Waals surface area contributed by atoms with Crippen molar-refractivity contribution in [2.75, 3.05) is 40.9 Å². The zero-order valence-electron chi connectivity index (χ0n) is 14.9. The maximum Gasteiger partial charge on any atom is 0.472 e. The molecule has 0 spiro atoms. The van der Waals surface area contributed by atoms with Crippen LogP contribution in [0.1, 0.15) is 32.6 Å². The minimum absolute atomic E-state index is 0.104. The maximum absolute atomic E-state index is 11.7. The first kappa shape index (κ1) is 22.7. The first-order valence-electron chi connectivity index (χ1n) is 8.10. The largest absolute Gasteiger partial charge is 0.472 e. The molecule has 0 fully saturated rings. The molecule has 0 amide bonds. The molecule has 23 heavy (non-hydrogen) atoms. The van der Waals surface area contributed by atoms with Gasteiger partial charge in [0.05, 0.1) is 39.9 Å². The minimum Gasteiger partial charge on any atom is -0.387 e. The lowest BCUT2D eigenvalue weighted by Gasteiger charge is -2.24. The van der Waals surface area contributed by atoms with Gasteiger partial charge in [-0.1, -0.05) is 31.9 Å². The summed E-state index contributed by atoms with van der Waals surface area (Å²) in [6, 6.07) is -0.778. The highest BCUT2D eigenvalue weighted by atomic mass is 31.2. The van der Waals surface area contributed by atoms with Gasteiger partial charge in [0.25, 0.3) is 0 Å². The molecular formula is C15H34N2O5P+. The molecule has 7 nitrogen and oxygen atoms in total. The fraction of sp³-hybridized carbons (Fsp3) is 0.867. The second-order valence-electron chi connectivity index (χ2n) is 6.69. The van der Waals surface area contributed by atoms with Crippen LogP contribution in [-0.2, 0) is 13.6 Å². The predicted octanol–water partition coefficient (Wildman–Crippen LogP) is 1.65. The van der Waals surface area contributed by atoms with E-state index in [1.54, 1.807) is 6.08 Å². The average molecular weight is 353 g/mol. The van der Waals surface area contributed by atoms with Gasteiger partial charge in [-0.2, -0.15) is 0 Å². The lowest BCUT2D eigenvalue weighted by molar-refractivity contribution is -0.870. The molecular weight excluding hydrogens is 319 g/mol. The number of phosphoric ester groups is 1. The number of likely N-dealkylation sites (N-methyl/N-ethyl adjacent to an activating group) is 1. The monoisotopic (exact) mass is 353 g/mol. The Bertz CT molecular complexity index is 385. The number of phosphoric acid groups is 1. The Morgan fingerprint density at radius 3 is 2.48 bits per heavy atom. The molecule has 0 saturated heterocycles. The highest BCUT2D eigenvalue weighted by molar-refractivity contribution is 7.47. The molecule has 0 saturated carbocycles. The van der Waals surface area contributed by atoms with Gasteiger partial charge in [0.1, 0.15) is 13.2 Å². The highest BCUT2D eigenvalue weighted by Crippen LogP contribution is 2.43. The van der Waals surface area contributed by atoms with Gasteiger partial charge >= 0.3 is 7.82 Å². The molecule has 0 aliphatic carbocycles. The Labute approximate surface area is 140 Å². The molecule has 0 aliphatic heterocycles. The predicted molar refractivity (Wildman–Crippen MR) is 91.9 cm³/mol. The van der Waals surface area contributed by atoms with Gasteiger partial charge in [-0.05, 0) is 12.8 Å². The summed E-state index contributed by atoms with van der Waals surface area (Å²) >= 11 is 0. The van der Waals surface area contributed by atoms with Crippen molar-refractivity contribution in [2.45, 2.75) is 44.8 Å². The van der Waals surface area contributed by atoms with Crippen LogP contribution >= 0.6 is 7.82 Å². The fourth-order valence-electron chi connectivity index (χ4n) is 1.64. The van der Waals surface area contributed by atoms with Crippen LogP contribution in [0.2, 0.25) is 0 Å². The molecule has 0 radical (unpaired) electrons. The molecule has 0 aliphatic rings. The number of hydrogen-bond donors (Lipinski definition) is 3. The molecule has 0 bridgehead atoms. The van der Waals surface area contributed by atoms with Crippen molar-refractivity contribution in [3.8, 4) is 0 Å². The van der Waals surface area contributed by atoms with Crippen LogP contribution in [0.5, 0.6) is 0 Å². The van der Waals surface area contributed by atoms with Crippen molar-refractivity contribution < 1.29 is 28.1 Å². The number of aliphatic hydroxyl groups is 1. The number of allylic oxidation sites excluding steroid dienone is 1. The van der Waals surface area contributed by atoms with Crippen molar-refractivity contribution in [1.82, 2.24) is 0 Å². The summed E-state index contributed by atoms with van der Waals surface area (Å²) in [6.45, 7) is 2.55. The lowest BCUT2D eigenvalue weighted by atomic mass is 10.1. The van der Waals surface area contributed by atoms with Crippen molar-refractivity contribution in [2.24, 2.45) is 5.73 Å². The molecule has 8 heteroatoms. The van der Waals surface area contributed by atoms with E-state index >= 15 is 0 Å². The first-order valence-corrected chi connectivity index (χ1v) is 9.59. The van der Waals surface area contributed by atoms with Crippen molar-refractivity contribution >= 4 is 7.82 Å². The number of aliphatic hydroxyl groups excluding tert-OH is 1. The lowest BCUT2D eigenvalue weighted by Crippen LogP contribution is -2.38. The van der Waals surface area contributed by atoms with Crippen LogP contribution in [0.25, 0.3) is 0 Å². The van der Waals surface area contributed by atoms with E-state index in [0.29, 0.717) is 11.0 Å². The zero-order valence-corrected chi connectivity index (χ0v) is 15.7. The van der Waals surface area contributed by atoms with E-state index in [2.05, 4.69) is 6.92 Å². The van der Waals surface area contributed by atoms with E-state index in [4.69, 9.17) is 14.8 Å². The minimum atomic E-state index is -4.14. The molecule has 0 rings (SSSR count). The summed E-state index contributed by atoms with van der Waals surface area (Å²) in [6.07, 6.45) is 6.79. The van der Waals surface area contributed by atoms with Crippen LogP contribution < -0.4 is 5.73 Å². The van der Waals surface area contributed by atoms with E-state index in [-0.39, 0.29) is 13.2 Å². The number of nitrogens with zero attached hydrogens (tertiary/aromatic N) is 1. The first-order chi connectivity index (χ1) is 10.6. The molecule has 4 N–H and O–H groups in total. The van der Waals surface area contributed by atoms with Crippen molar-refractivity contribution in [3.63, 3.8) is 0 Å². The van der Waals surface area contributed by atoms with Crippen molar-refractivity contribution in [1.29, 1.82) is 0 Å².